The molecule has 0 aliphatic rings. The summed E-state index contributed by atoms with van der Waals surface area (Å²) < 4.78 is -1.19. The normalized spacial score (nSPS) is 10.7. The number of halogens is 3. The summed E-state index contributed by atoms with van der Waals surface area (Å²) in [6.45, 7) is 0.0773. The van der Waals surface area contributed by atoms with Gasteiger partial charge < -0.3 is 5.11 Å². The molecule has 0 saturated carbocycles. The van der Waals surface area contributed by atoms with Gasteiger partial charge in [-0.15, -0.1) is 0 Å². The molecule has 0 bridgehead atoms. The summed E-state index contributed by atoms with van der Waals surface area (Å²) in [7, 11) is 0. The van der Waals surface area contributed by atoms with E-state index >= 15 is 0 Å². The summed E-state index contributed by atoms with van der Waals surface area (Å²) in [5.74, 6) is 0. The van der Waals surface area contributed by atoms with Crippen LogP contribution in [0.1, 0.15) is 12.8 Å². The average Bonchev–Trinajstić information content (AvgIpc) is 1.59. The van der Waals surface area contributed by atoms with Gasteiger partial charge in [-0.2, -0.15) is 0 Å². The van der Waals surface area contributed by atoms with Gasteiger partial charge in [-0.3, -0.25) is 0 Å². The first kappa shape index (κ1) is 13.3. The monoisotopic (exact) mass is 266 g/mol. The molecule has 0 spiro atoms. The van der Waals surface area contributed by atoms with Gasteiger partial charge in [-0.25, -0.2) is 0 Å². The van der Waals surface area contributed by atoms with Crippen LogP contribution in [0.25, 0.3) is 0 Å². The molecule has 0 heterocycles. The smallest absolute Gasteiger partial charge is 0.190 e. The van der Waals surface area contributed by atoms with E-state index in [1.807, 2.05) is 0 Å². The van der Waals surface area contributed by atoms with Crippen LogP contribution < -0.4 is 0 Å². The van der Waals surface area contributed by atoms with Crippen LogP contribution in [0.5, 0.6) is 0 Å². The van der Waals surface area contributed by atoms with E-state index < -0.39 is 3.79 Å². The fourth-order valence-electron chi connectivity index (χ4n) is 0.280. The Hall–Kier alpha value is 1.71. The van der Waals surface area contributed by atoms with E-state index in [1.54, 1.807) is 0 Å². The first-order chi connectivity index (χ1) is 3.56. The van der Waals surface area contributed by atoms with Crippen molar-refractivity contribution in [3.05, 3.63) is 0 Å². The van der Waals surface area contributed by atoms with Crippen molar-refractivity contribution in [1.82, 2.24) is 0 Å². The Bertz CT molecular complexity index is 63.3. The van der Waals surface area contributed by atoms with E-state index in [4.69, 9.17) is 39.9 Å². The van der Waals surface area contributed by atoms with E-state index in [-0.39, 0.29) is 32.8 Å². The van der Waals surface area contributed by atoms with Crippen molar-refractivity contribution >= 4 is 34.8 Å². The van der Waals surface area contributed by atoms with E-state index in [2.05, 4.69) is 0 Å². The van der Waals surface area contributed by atoms with Crippen LogP contribution in [0.3, 0.4) is 0 Å². The van der Waals surface area contributed by atoms with E-state index in [9.17, 15) is 0 Å². The van der Waals surface area contributed by atoms with E-state index in [1.165, 1.54) is 0 Å². The zero-order valence-corrected chi connectivity index (χ0v) is 9.43. The summed E-state index contributed by atoms with van der Waals surface area (Å²) >= 11 is 16.0. The molecule has 0 aromatic heterocycles. The second-order valence-electron chi connectivity index (χ2n) is 1.44. The molecular weight excluding hydrogens is 262 g/mol. The number of alkyl halides is 3. The van der Waals surface area contributed by atoms with Crippen LogP contribution >= 0.6 is 34.8 Å². The molecule has 0 atom stereocenters. The maximum Gasteiger partial charge on any atom is 0.190 e. The fraction of sp³-hybridized carbons (Fsp3) is 1.00. The number of rotatable bonds is 2. The summed E-state index contributed by atoms with van der Waals surface area (Å²) in [6.07, 6.45) is 0.949. The topological polar surface area (TPSA) is 20.2 Å². The van der Waals surface area contributed by atoms with Crippen LogP contribution in [0.4, 0.5) is 0 Å². The van der Waals surface area contributed by atoms with Gasteiger partial charge in [0.1, 0.15) is 0 Å². The number of hydrogen-bond acceptors (Lipinski definition) is 1. The molecule has 0 fully saturated rings. The molecule has 0 aliphatic carbocycles. The third-order valence-electron chi connectivity index (χ3n) is 0.618. The minimum absolute atomic E-state index is 0. The minimum Gasteiger partial charge on any atom is -0.396 e. The quantitative estimate of drug-likeness (QED) is 0.761. The van der Waals surface area contributed by atoms with Gasteiger partial charge in [0.05, 0.1) is 0 Å². The molecule has 0 saturated heterocycles. The molecular formula is C4H7Cl3OZr. The minimum atomic E-state index is -1.19. The summed E-state index contributed by atoms with van der Waals surface area (Å²) in [5, 5.41) is 8.25. The van der Waals surface area contributed by atoms with Crippen molar-refractivity contribution in [3.8, 4) is 0 Å². The van der Waals surface area contributed by atoms with Gasteiger partial charge in [-0.1, -0.05) is 34.8 Å². The van der Waals surface area contributed by atoms with Crippen LogP contribution in [0.15, 0.2) is 0 Å². The van der Waals surface area contributed by atoms with Crippen molar-refractivity contribution in [1.29, 1.82) is 0 Å². The Morgan fingerprint density at radius 2 is 1.67 bits per heavy atom. The van der Waals surface area contributed by atoms with Crippen LogP contribution in [0, 0.1) is 0 Å². The predicted octanol–water partition coefficient (Wildman–Crippen LogP) is 2.13. The van der Waals surface area contributed by atoms with Gasteiger partial charge in [0.2, 0.25) is 0 Å². The second kappa shape index (κ2) is 6.43. The molecule has 1 nitrogen and oxygen atoms in total. The predicted molar refractivity (Wildman–Crippen MR) is 36.6 cm³/mol. The third kappa shape index (κ3) is 12.8. The van der Waals surface area contributed by atoms with Crippen molar-refractivity contribution in [2.45, 2.75) is 16.6 Å². The molecule has 0 amide bonds. The molecule has 0 unspecified atom stereocenters. The standard InChI is InChI=1S/C4H7Cl3O.Zr/c5-4(6,7)2-1-3-8;/h8H,1-3H2;. The molecule has 0 rings (SSSR count). The van der Waals surface area contributed by atoms with Crippen molar-refractivity contribution in [2.24, 2.45) is 0 Å². The van der Waals surface area contributed by atoms with Crippen LogP contribution in [-0.4, -0.2) is 15.5 Å². The Morgan fingerprint density at radius 3 is 1.78 bits per heavy atom. The second-order valence-corrected chi connectivity index (χ2v) is 3.96. The SMILES string of the molecule is OCCCC(Cl)(Cl)Cl.[Zr]. The molecule has 9 heavy (non-hydrogen) atoms. The molecule has 5 heteroatoms. The number of hydrogen-bond donors (Lipinski definition) is 1. The van der Waals surface area contributed by atoms with Gasteiger partial charge in [0, 0.05) is 32.8 Å². The number of aliphatic hydroxyl groups excluding tert-OH is 1. The third-order valence-corrected chi connectivity index (χ3v) is 1.19. The van der Waals surface area contributed by atoms with Gasteiger partial charge in [0.15, 0.2) is 3.79 Å². The molecule has 0 aromatic carbocycles. The summed E-state index contributed by atoms with van der Waals surface area (Å²) in [5.41, 5.74) is 0. The Kier molecular flexibility index (Phi) is 9.50. The fourth-order valence-corrected chi connectivity index (χ4v) is 0.680. The molecule has 1 N–H and O–H groups in total. The van der Waals surface area contributed by atoms with Gasteiger partial charge in [0.25, 0.3) is 0 Å². The maximum absolute atomic E-state index is 8.25. The zero-order chi connectivity index (χ0) is 6.62. The van der Waals surface area contributed by atoms with Crippen LogP contribution in [-0.2, 0) is 26.2 Å². The Balaban J connectivity index is 0. The Labute approximate surface area is 88.8 Å². The van der Waals surface area contributed by atoms with Gasteiger partial charge in [-0.05, 0) is 12.8 Å². The molecule has 0 radical (unpaired) electrons. The average molecular weight is 269 g/mol. The maximum atomic E-state index is 8.25. The first-order valence-corrected chi connectivity index (χ1v) is 3.37. The number of aliphatic hydroxyl groups is 1. The molecule has 0 aliphatic heterocycles. The van der Waals surface area contributed by atoms with Crippen LogP contribution in [0.2, 0.25) is 0 Å². The summed E-state index contributed by atoms with van der Waals surface area (Å²) in [6, 6.07) is 0. The molecule has 0 aromatic rings. The van der Waals surface area contributed by atoms with Gasteiger partial charge >= 0.3 is 0 Å². The first-order valence-electron chi connectivity index (χ1n) is 2.24. The zero-order valence-electron chi connectivity index (χ0n) is 4.70. The van der Waals surface area contributed by atoms with Crippen molar-refractivity contribution in [2.75, 3.05) is 6.61 Å². The van der Waals surface area contributed by atoms with Crippen molar-refractivity contribution < 1.29 is 31.3 Å². The largest absolute Gasteiger partial charge is 0.396 e. The molecule has 54 valence electrons. The van der Waals surface area contributed by atoms with E-state index in [0.717, 1.165) is 0 Å². The Morgan fingerprint density at radius 1 is 1.22 bits per heavy atom. The van der Waals surface area contributed by atoms with Crippen molar-refractivity contribution in [3.63, 3.8) is 0 Å². The summed E-state index contributed by atoms with van der Waals surface area (Å²) in [4.78, 5) is 0. The van der Waals surface area contributed by atoms with E-state index in [0.29, 0.717) is 12.8 Å².